The van der Waals surface area contributed by atoms with E-state index in [9.17, 15) is 18.0 Å². The summed E-state index contributed by atoms with van der Waals surface area (Å²) in [5.74, 6) is -1.20. The summed E-state index contributed by atoms with van der Waals surface area (Å²) in [6.45, 7) is 0.329. The maximum absolute atomic E-state index is 12.2. The minimum absolute atomic E-state index is 0.0411. The van der Waals surface area contributed by atoms with Crippen LogP contribution < -0.4 is 4.72 Å². The molecular weight excluding hydrogens is 324 g/mol. The van der Waals surface area contributed by atoms with E-state index in [0.29, 0.717) is 6.54 Å². The van der Waals surface area contributed by atoms with Gasteiger partial charge in [0, 0.05) is 19.0 Å². The predicted octanol–water partition coefficient (Wildman–Crippen LogP) is 1.34. The average Bonchev–Trinajstić information content (AvgIpc) is 3.19. The van der Waals surface area contributed by atoms with E-state index in [-0.39, 0.29) is 22.6 Å². The Morgan fingerprint density at radius 3 is 2.68 bits per heavy atom. The lowest BCUT2D eigenvalue weighted by molar-refractivity contribution is -0.130. The van der Waals surface area contributed by atoms with Crippen molar-refractivity contribution < 1.29 is 18.0 Å². The molecule has 0 bridgehead atoms. The Kier molecular flexibility index (Phi) is 4.22. The third-order valence-corrected chi connectivity index (χ3v) is 7.03. The van der Waals surface area contributed by atoms with Gasteiger partial charge in [0.2, 0.25) is 11.8 Å². The van der Waals surface area contributed by atoms with Crippen LogP contribution in [0.2, 0.25) is 0 Å². The number of carbonyl (C=O) groups is 2. The number of nitrogens with one attached hydrogen (secondary N) is 1. The average molecular weight is 342 g/mol. The van der Waals surface area contributed by atoms with E-state index < -0.39 is 21.8 Å². The highest BCUT2D eigenvalue weighted by Crippen LogP contribution is 2.29. The van der Waals surface area contributed by atoms with Gasteiger partial charge in [0.1, 0.15) is 4.21 Å². The number of amides is 2. The van der Waals surface area contributed by atoms with Crippen LogP contribution in [0, 0.1) is 5.92 Å². The Morgan fingerprint density at radius 1 is 1.32 bits per heavy atom. The molecule has 0 radical (unpaired) electrons. The summed E-state index contributed by atoms with van der Waals surface area (Å²) in [6.07, 6.45) is 4.28. The van der Waals surface area contributed by atoms with E-state index >= 15 is 0 Å². The zero-order valence-electron chi connectivity index (χ0n) is 12.0. The van der Waals surface area contributed by atoms with Crippen LogP contribution in [0.4, 0.5) is 0 Å². The number of hydrogen-bond donors (Lipinski definition) is 1. The first-order chi connectivity index (χ1) is 10.5. The van der Waals surface area contributed by atoms with Crippen molar-refractivity contribution in [2.24, 2.45) is 5.92 Å². The number of rotatable bonds is 4. The highest BCUT2D eigenvalue weighted by atomic mass is 32.2. The van der Waals surface area contributed by atoms with Crippen molar-refractivity contribution >= 4 is 33.2 Å². The number of thiophene rings is 1. The summed E-state index contributed by atoms with van der Waals surface area (Å²) in [5, 5.41) is 1.64. The van der Waals surface area contributed by atoms with Gasteiger partial charge < -0.3 is 4.90 Å². The topological polar surface area (TPSA) is 83.5 Å². The Morgan fingerprint density at radius 2 is 2.05 bits per heavy atom. The van der Waals surface area contributed by atoms with Gasteiger partial charge in [-0.3, -0.25) is 9.59 Å². The normalized spacial score (nSPS) is 23.2. The molecular formula is C14H18N2O4S2. The van der Waals surface area contributed by atoms with Crippen molar-refractivity contribution in [1.29, 1.82) is 0 Å². The van der Waals surface area contributed by atoms with E-state index in [1.165, 1.54) is 6.07 Å². The summed E-state index contributed by atoms with van der Waals surface area (Å²) in [7, 11) is -3.82. The third kappa shape index (κ3) is 3.03. The molecule has 22 heavy (non-hydrogen) atoms. The number of nitrogens with zero attached hydrogens (tertiary/aromatic N) is 1. The molecule has 2 amide bonds. The fraction of sp³-hybridized carbons (Fsp3) is 0.571. The van der Waals surface area contributed by atoms with Gasteiger partial charge in [0.05, 0.1) is 5.92 Å². The molecule has 6 nitrogen and oxygen atoms in total. The fourth-order valence-corrected chi connectivity index (χ4v) is 5.20. The van der Waals surface area contributed by atoms with E-state index in [0.717, 1.165) is 37.0 Å². The van der Waals surface area contributed by atoms with E-state index in [4.69, 9.17) is 0 Å². The Labute approximate surface area is 133 Å². The van der Waals surface area contributed by atoms with Crippen LogP contribution in [-0.2, 0) is 19.6 Å². The minimum atomic E-state index is -3.82. The molecule has 1 aromatic rings. The number of carbonyl (C=O) groups excluding carboxylic acids is 2. The number of likely N-dealkylation sites (tertiary alicyclic amines) is 1. The largest absolute Gasteiger partial charge is 0.339 e. The van der Waals surface area contributed by atoms with E-state index in [2.05, 4.69) is 4.72 Å². The lowest BCUT2D eigenvalue weighted by Crippen LogP contribution is -2.38. The first-order valence-corrected chi connectivity index (χ1v) is 9.73. The van der Waals surface area contributed by atoms with Crippen LogP contribution in [-0.4, -0.2) is 37.7 Å². The van der Waals surface area contributed by atoms with Crippen molar-refractivity contribution in [2.75, 3.05) is 6.54 Å². The van der Waals surface area contributed by atoms with Crippen molar-refractivity contribution in [1.82, 2.24) is 9.62 Å². The van der Waals surface area contributed by atoms with Crippen LogP contribution in [0.5, 0.6) is 0 Å². The zero-order chi connectivity index (χ0) is 15.7. The molecule has 0 spiro atoms. The van der Waals surface area contributed by atoms with Gasteiger partial charge in [-0.2, -0.15) is 0 Å². The van der Waals surface area contributed by atoms with Gasteiger partial charge in [0.25, 0.3) is 10.0 Å². The summed E-state index contributed by atoms with van der Waals surface area (Å²) >= 11 is 1.06. The third-order valence-electron chi connectivity index (χ3n) is 4.29. The van der Waals surface area contributed by atoms with Crippen LogP contribution in [0.15, 0.2) is 21.7 Å². The Hall–Kier alpha value is -1.41. The Balaban J connectivity index is 1.65. The molecule has 1 atom stereocenters. The molecule has 3 rings (SSSR count). The lowest BCUT2D eigenvalue weighted by Gasteiger charge is -2.23. The van der Waals surface area contributed by atoms with Gasteiger partial charge in [-0.1, -0.05) is 18.9 Å². The van der Waals surface area contributed by atoms with Gasteiger partial charge in [-0.05, 0) is 24.3 Å². The highest BCUT2D eigenvalue weighted by molar-refractivity contribution is 7.92. The first-order valence-electron chi connectivity index (χ1n) is 7.37. The molecule has 2 heterocycles. The van der Waals surface area contributed by atoms with Crippen LogP contribution >= 0.6 is 11.3 Å². The number of hydrogen-bond acceptors (Lipinski definition) is 5. The summed E-state index contributed by atoms with van der Waals surface area (Å²) in [6, 6.07) is 3.29. The highest BCUT2D eigenvalue weighted by Gasteiger charge is 2.39. The first kappa shape index (κ1) is 15.5. The van der Waals surface area contributed by atoms with Crippen molar-refractivity contribution in [3.8, 4) is 0 Å². The fourth-order valence-electron chi connectivity index (χ4n) is 3.16. The summed E-state index contributed by atoms with van der Waals surface area (Å²) in [4.78, 5) is 26.0. The van der Waals surface area contributed by atoms with Gasteiger partial charge in [0.15, 0.2) is 0 Å². The van der Waals surface area contributed by atoms with Crippen LogP contribution in [0.1, 0.15) is 32.1 Å². The van der Waals surface area contributed by atoms with Crippen molar-refractivity contribution in [3.05, 3.63) is 17.5 Å². The van der Waals surface area contributed by atoms with Gasteiger partial charge >= 0.3 is 0 Å². The zero-order valence-corrected chi connectivity index (χ0v) is 13.7. The molecule has 2 aliphatic rings. The molecule has 1 saturated heterocycles. The molecule has 1 N–H and O–H groups in total. The number of sulfonamides is 1. The molecule has 1 aliphatic carbocycles. The molecule has 1 aliphatic heterocycles. The van der Waals surface area contributed by atoms with E-state index in [1.54, 1.807) is 16.3 Å². The van der Waals surface area contributed by atoms with Gasteiger partial charge in [-0.15, -0.1) is 11.3 Å². The second kappa shape index (κ2) is 6.00. The molecule has 1 aromatic heterocycles. The molecule has 0 aromatic carbocycles. The summed E-state index contributed by atoms with van der Waals surface area (Å²) < 4.78 is 26.3. The maximum atomic E-state index is 12.2. The lowest BCUT2D eigenvalue weighted by atomic mass is 10.1. The second-order valence-corrected chi connectivity index (χ2v) is 8.64. The minimum Gasteiger partial charge on any atom is -0.339 e. The summed E-state index contributed by atoms with van der Waals surface area (Å²) in [5.41, 5.74) is 0. The maximum Gasteiger partial charge on any atom is 0.273 e. The molecule has 1 saturated carbocycles. The smallest absolute Gasteiger partial charge is 0.273 e. The molecule has 1 unspecified atom stereocenters. The van der Waals surface area contributed by atoms with Crippen LogP contribution in [0.25, 0.3) is 0 Å². The second-order valence-electron chi connectivity index (χ2n) is 5.79. The quantitative estimate of drug-likeness (QED) is 0.895. The molecule has 2 fully saturated rings. The monoisotopic (exact) mass is 342 g/mol. The predicted molar refractivity (Wildman–Crippen MR) is 81.7 cm³/mol. The van der Waals surface area contributed by atoms with Gasteiger partial charge in [-0.25, -0.2) is 13.1 Å². The van der Waals surface area contributed by atoms with Crippen molar-refractivity contribution in [2.45, 2.75) is 42.4 Å². The standard InChI is InChI=1S/C14H18N2O4S2/c17-12-8-10(9-16(12)11-4-1-2-5-11)14(18)15-22(19,20)13-6-3-7-21-13/h3,6-7,10-11H,1-2,4-5,8-9H2,(H,15,18). The van der Waals surface area contributed by atoms with Crippen LogP contribution in [0.3, 0.4) is 0 Å². The molecule has 8 heteroatoms. The Bertz CT molecular complexity index is 663. The van der Waals surface area contributed by atoms with Crippen molar-refractivity contribution in [3.63, 3.8) is 0 Å². The van der Waals surface area contributed by atoms with E-state index in [1.807, 2.05) is 0 Å². The molecule has 120 valence electrons. The SMILES string of the molecule is O=C(NS(=O)(=O)c1cccs1)C1CC(=O)N(C2CCCC2)C1.